The van der Waals surface area contributed by atoms with Crippen LogP contribution in [-0.2, 0) is 14.3 Å². The predicted octanol–water partition coefficient (Wildman–Crippen LogP) is 2.45. The van der Waals surface area contributed by atoms with E-state index in [4.69, 9.17) is 9.47 Å². The largest absolute Gasteiger partial charge is 0.466 e. The quantitative estimate of drug-likeness (QED) is 0.438. The van der Waals surface area contributed by atoms with Crippen molar-refractivity contribution in [3.8, 4) is 0 Å². The van der Waals surface area contributed by atoms with Crippen molar-refractivity contribution in [2.24, 2.45) is 5.92 Å². The van der Waals surface area contributed by atoms with E-state index in [-0.39, 0.29) is 11.9 Å². The summed E-state index contributed by atoms with van der Waals surface area (Å²) in [4.78, 5) is 11.6. The lowest BCUT2D eigenvalue weighted by atomic mass is 9.79. The van der Waals surface area contributed by atoms with Gasteiger partial charge in [0.05, 0.1) is 31.3 Å². The highest BCUT2D eigenvalue weighted by molar-refractivity contribution is 5.72. The number of aliphatic hydroxyl groups is 1. The van der Waals surface area contributed by atoms with Crippen LogP contribution in [-0.4, -0.2) is 36.5 Å². The molecule has 0 bridgehead atoms. The Balaban J connectivity index is 2.26. The Hall–Kier alpha value is -0.870. The minimum Gasteiger partial charge on any atom is -0.466 e. The van der Waals surface area contributed by atoms with E-state index in [1.54, 1.807) is 0 Å². The van der Waals surface area contributed by atoms with Crippen LogP contribution in [0.25, 0.3) is 0 Å². The van der Waals surface area contributed by atoms with Gasteiger partial charge in [-0.25, -0.2) is 0 Å². The second-order valence-corrected chi connectivity index (χ2v) is 5.51. The van der Waals surface area contributed by atoms with Gasteiger partial charge >= 0.3 is 5.97 Å². The van der Waals surface area contributed by atoms with E-state index in [1.165, 1.54) is 0 Å². The van der Waals surface area contributed by atoms with Gasteiger partial charge in [0.2, 0.25) is 0 Å². The average Bonchev–Trinajstić information content (AvgIpc) is 2.36. The molecule has 0 amide bonds. The molecule has 0 aromatic carbocycles. The van der Waals surface area contributed by atoms with Gasteiger partial charge in [0.15, 0.2) is 0 Å². The third-order valence-electron chi connectivity index (χ3n) is 3.58. The molecule has 0 radical (unpaired) electrons. The number of esters is 1. The highest BCUT2D eigenvalue weighted by atomic mass is 16.5. The van der Waals surface area contributed by atoms with E-state index < -0.39 is 5.60 Å². The molecule has 0 aromatic rings. The molecule has 0 unspecified atom stereocenters. The number of carbonyl (C=O) groups is 1. The summed E-state index contributed by atoms with van der Waals surface area (Å²) in [6.07, 6.45) is 3.38. The van der Waals surface area contributed by atoms with Crippen molar-refractivity contribution in [3.05, 3.63) is 12.2 Å². The summed E-state index contributed by atoms with van der Waals surface area (Å²) in [5.74, 6) is -0.191. The Labute approximate surface area is 115 Å². The van der Waals surface area contributed by atoms with Gasteiger partial charge in [0.25, 0.3) is 0 Å². The van der Waals surface area contributed by atoms with Gasteiger partial charge in [0.1, 0.15) is 0 Å². The second kappa shape index (κ2) is 7.65. The van der Waals surface area contributed by atoms with Gasteiger partial charge in [0, 0.05) is 0 Å². The van der Waals surface area contributed by atoms with Crippen LogP contribution in [0.3, 0.4) is 0 Å². The maximum absolute atomic E-state index is 11.6. The molecule has 110 valence electrons. The average molecular weight is 270 g/mol. The summed E-state index contributed by atoms with van der Waals surface area (Å²) in [5, 5.41) is 10.4. The van der Waals surface area contributed by atoms with Crippen LogP contribution in [0.2, 0.25) is 0 Å². The maximum atomic E-state index is 11.6. The highest BCUT2D eigenvalue weighted by Crippen LogP contribution is 2.33. The first-order chi connectivity index (χ1) is 8.97. The van der Waals surface area contributed by atoms with Crippen molar-refractivity contribution in [2.45, 2.75) is 51.6 Å². The Bertz CT molecular complexity index is 303. The van der Waals surface area contributed by atoms with Crippen molar-refractivity contribution >= 4 is 5.97 Å². The summed E-state index contributed by atoms with van der Waals surface area (Å²) < 4.78 is 10.5. The lowest BCUT2D eigenvalue weighted by Gasteiger charge is -2.34. The predicted molar refractivity (Wildman–Crippen MR) is 73.8 cm³/mol. The molecule has 0 aromatic heterocycles. The zero-order valence-electron chi connectivity index (χ0n) is 12.1. The van der Waals surface area contributed by atoms with Crippen LogP contribution in [0.1, 0.15) is 46.0 Å². The van der Waals surface area contributed by atoms with E-state index in [0.717, 1.165) is 12.0 Å². The molecule has 1 saturated carbocycles. The lowest BCUT2D eigenvalue weighted by molar-refractivity contribution is -0.152. The molecule has 1 N–H and O–H groups in total. The molecule has 4 heteroatoms. The molecule has 1 fully saturated rings. The van der Waals surface area contributed by atoms with Gasteiger partial charge in [-0.2, -0.15) is 0 Å². The smallest absolute Gasteiger partial charge is 0.308 e. The summed E-state index contributed by atoms with van der Waals surface area (Å²) >= 11 is 0. The minimum atomic E-state index is -0.780. The molecule has 19 heavy (non-hydrogen) atoms. The Morgan fingerprint density at radius 2 is 2.05 bits per heavy atom. The Kier molecular flexibility index (Phi) is 6.52. The van der Waals surface area contributed by atoms with Gasteiger partial charge in [-0.3, -0.25) is 4.79 Å². The van der Waals surface area contributed by atoms with Crippen LogP contribution < -0.4 is 0 Å². The van der Waals surface area contributed by atoms with Crippen molar-refractivity contribution < 1.29 is 19.4 Å². The van der Waals surface area contributed by atoms with E-state index >= 15 is 0 Å². The lowest BCUT2D eigenvalue weighted by Crippen LogP contribution is -2.40. The topological polar surface area (TPSA) is 55.8 Å². The fraction of sp³-hybridized carbons (Fsp3) is 0.800. The van der Waals surface area contributed by atoms with Gasteiger partial charge in [-0.05, 0) is 46.0 Å². The third-order valence-corrected chi connectivity index (χ3v) is 3.58. The molecular weight excluding hydrogens is 244 g/mol. The molecule has 0 spiro atoms. The first-order valence-electron chi connectivity index (χ1n) is 7.08. The molecule has 0 saturated heterocycles. The van der Waals surface area contributed by atoms with Crippen LogP contribution in [0.4, 0.5) is 0 Å². The first kappa shape index (κ1) is 16.2. The van der Waals surface area contributed by atoms with Crippen molar-refractivity contribution in [3.63, 3.8) is 0 Å². The number of carbonyl (C=O) groups excluding carboxylic acids is 1. The van der Waals surface area contributed by atoms with Crippen LogP contribution >= 0.6 is 0 Å². The SMILES string of the molecule is C=C(C)CCOCC1(O)CCC(C(=O)OCC)CC1. The monoisotopic (exact) mass is 270 g/mol. The molecule has 1 rings (SSSR count). The molecule has 0 heterocycles. The zero-order valence-corrected chi connectivity index (χ0v) is 12.1. The standard InChI is InChI=1S/C15H26O4/c1-4-19-14(16)13-5-8-15(17,9-6-13)11-18-10-7-12(2)3/h13,17H,2,4-11H2,1,3H3. The van der Waals surface area contributed by atoms with Crippen LogP contribution in [0, 0.1) is 5.92 Å². The summed E-state index contributed by atoms with van der Waals surface area (Å²) in [6, 6.07) is 0. The molecule has 1 aliphatic carbocycles. The fourth-order valence-electron chi connectivity index (χ4n) is 2.30. The molecule has 1 aliphatic rings. The van der Waals surface area contributed by atoms with Gasteiger partial charge < -0.3 is 14.6 Å². The molecule has 4 nitrogen and oxygen atoms in total. The zero-order chi connectivity index (χ0) is 14.3. The number of hydrogen-bond acceptors (Lipinski definition) is 4. The number of ether oxygens (including phenoxy) is 2. The maximum Gasteiger partial charge on any atom is 0.308 e. The second-order valence-electron chi connectivity index (χ2n) is 5.51. The molecular formula is C15H26O4. The van der Waals surface area contributed by atoms with Crippen molar-refractivity contribution in [2.75, 3.05) is 19.8 Å². The van der Waals surface area contributed by atoms with E-state index in [2.05, 4.69) is 6.58 Å². The molecule has 0 atom stereocenters. The number of rotatable bonds is 7. The first-order valence-corrected chi connectivity index (χ1v) is 7.08. The summed E-state index contributed by atoms with van der Waals surface area (Å²) in [6.45, 7) is 8.94. The van der Waals surface area contributed by atoms with Gasteiger partial charge in [-0.15, -0.1) is 6.58 Å². The van der Waals surface area contributed by atoms with Crippen molar-refractivity contribution in [1.29, 1.82) is 0 Å². The van der Waals surface area contributed by atoms with Crippen LogP contribution in [0.15, 0.2) is 12.2 Å². The van der Waals surface area contributed by atoms with E-state index in [0.29, 0.717) is 45.5 Å². The Morgan fingerprint density at radius 1 is 1.42 bits per heavy atom. The molecule has 0 aliphatic heterocycles. The van der Waals surface area contributed by atoms with E-state index in [9.17, 15) is 9.90 Å². The van der Waals surface area contributed by atoms with Gasteiger partial charge in [-0.1, -0.05) is 5.57 Å². The third kappa shape index (κ3) is 5.74. The summed E-state index contributed by atoms with van der Waals surface area (Å²) in [5.41, 5.74) is 0.302. The Morgan fingerprint density at radius 3 is 2.58 bits per heavy atom. The number of hydrogen-bond donors (Lipinski definition) is 1. The normalized spacial score (nSPS) is 27.0. The fourth-order valence-corrected chi connectivity index (χ4v) is 2.30. The minimum absolute atomic E-state index is 0.0596. The van der Waals surface area contributed by atoms with Crippen LogP contribution in [0.5, 0.6) is 0 Å². The van der Waals surface area contributed by atoms with Crippen molar-refractivity contribution in [1.82, 2.24) is 0 Å². The highest BCUT2D eigenvalue weighted by Gasteiger charge is 2.36. The van der Waals surface area contributed by atoms with E-state index in [1.807, 2.05) is 13.8 Å². The summed E-state index contributed by atoms with van der Waals surface area (Å²) in [7, 11) is 0.